The second-order valence-corrected chi connectivity index (χ2v) is 3.70. The first-order chi connectivity index (χ1) is 5.20. The smallest absolute Gasteiger partial charge is 0.328 e. The van der Waals surface area contributed by atoms with Crippen molar-refractivity contribution in [3.05, 3.63) is 0 Å². The van der Waals surface area contributed by atoms with E-state index in [4.69, 9.17) is 5.84 Å². The summed E-state index contributed by atoms with van der Waals surface area (Å²) >= 11 is 0. The fraction of sp³-hybridized carbons (Fsp3) is 0.800. The Morgan fingerprint density at radius 3 is 2.73 bits per heavy atom. The Bertz CT molecular complexity index is 135. The van der Waals surface area contributed by atoms with Gasteiger partial charge in [0.1, 0.15) is 0 Å². The highest BCUT2D eigenvalue weighted by Crippen LogP contribution is 1.78. The lowest BCUT2D eigenvalue weighted by Crippen LogP contribution is -2.41. The summed E-state index contributed by atoms with van der Waals surface area (Å²) in [6, 6.07) is -0.446. The van der Waals surface area contributed by atoms with Crippen LogP contribution in [0.25, 0.3) is 0 Å². The molecule has 0 bridgehead atoms. The quantitative estimate of drug-likeness (QED) is 0.292. The lowest BCUT2D eigenvalue weighted by Gasteiger charge is -2.01. The number of carbonyl (C=O) groups is 1. The van der Waals surface area contributed by atoms with Gasteiger partial charge in [-0.1, -0.05) is 6.92 Å². The molecule has 0 aliphatic heterocycles. The van der Waals surface area contributed by atoms with Crippen LogP contribution in [0.1, 0.15) is 6.92 Å². The molecule has 0 rings (SSSR count). The van der Waals surface area contributed by atoms with Crippen molar-refractivity contribution in [1.29, 1.82) is 0 Å². The number of urea groups is 1. The summed E-state index contributed by atoms with van der Waals surface area (Å²) < 4.78 is 10.8. The van der Waals surface area contributed by atoms with Gasteiger partial charge < -0.3 is 5.32 Å². The third kappa shape index (κ3) is 5.81. The molecule has 11 heavy (non-hydrogen) atoms. The molecule has 0 radical (unpaired) electrons. The predicted molar refractivity (Wildman–Crippen MR) is 44.3 cm³/mol. The Balaban J connectivity index is 3.27. The van der Waals surface area contributed by atoms with Crippen LogP contribution < -0.4 is 16.6 Å². The third-order valence-corrected chi connectivity index (χ3v) is 2.37. The molecule has 5 nitrogen and oxygen atoms in total. The van der Waals surface area contributed by atoms with Gasteiger partial charge in [0, 0.05) is 28.9 Å². The average molecular weight is 179 g/mol. The summed E-state index contributed by atoms with van der Waals surface area (Å²) in [5.41, 5.74) is 1.91. The van der Waals surface area contributed by atoms with Crippen molar-refractivity contribution in [2.24, 2.45) is 5.84 Å². The van der Waals surface area contributed by atoms with E-state index in [1.807, 2.05) is 12.3 Å². The van der Waals surface area contributed by atoms with Crippen molar-refractivity contribution in [1.82, 2.24) is 10.7 Å². The molecule has 0 saturated carbocycles. The van der Waals surface area contributed by atoms with Gasteiger partial charge in [-0.05, 0) is 0 Å². The first-order valence-corrected chi connectivity index (χ1v) is 4.79. The highest BCUT2D eigenvalue weighted by molar-refractivity contribution is 7.84. The predicted octanol–water partition coefficient (Wildman–Crippen LogP) is -1.07. The van der Waals surface area contributed by atoms with Crippen molar-refractivity contribution < 1.29 is 9.00 Å². The van der Waals surface area contributed by atoms with Crippen molar-refractivity contribution >= 4 is 16.8 Å². The van der Waals surface area contributed by atoms with E-state index in [-0.39, 0.29) is 0 Å². The topological polar surface area (TPSA) is 84.2 Å². The molecule has 1 atom stereocenters. The summed E-state index contributed by atoms with van der Waals surface area (Å²) in [6.45, 7) is 2.22. The Morgan fingerprint density at radius 2 is 2.27 bits per heavy atom. The minimum Gasteiger partial charge on any atom is -0.336 e. The monoisotopic (exact) mass is 179 g/mol. The van der Waals surface area contributed by atoms with Crippen molar-refractivity contribution in [3.8, 4) is 0 Å². The van der Waals surface area contributed by atoms with Crippen LogP contribution in [-0.4, -0.2) is 28.3 Å². The molecule has 6 heteroatoms. The average Bonchev–Trinajstić information content (AvgIpc) is 2.04. The molecular formula is C5H13N3O2S. The van der Waals surface area contributed by atoms with Gasteiger partial charge in [-0.15, -0.1) is 0 Å². The van der Waals surface area contributed by atoms with Crippen molar-refractivity contribution in [3.63, 3.8) is 0 Å². The maximum absolute atomic E-state index is 10.8. The number of amides is 2. The molecule has 0 aliphatic rings. The SMILES string of the molecule is CCS(=O)CCNC(=O)NN. The van der Waals surface area contributed by atoms with Gasteiger partial charge in [0.2, 0.25) is 0 Å². The number of hydrogen-bond acceptors (Lipinski definition) is 3. The van der Waals surface area contributed by atoms with E-state index in [1.165, 1.54) is 0 Å². The van der Waals surface area contributed by atoms with E-state index in [0.717, 1.165) is 0 Å². The van der Waals surface area contributed by atoms with Crippen LogP contribution in [0.15, 0.2) is 0 Å². The highest BCUT2D eigenvalue weighted by Gasteiger charge is 1.97. The number of hydrogen-bond donors (Lipinski definition) is 3. The van der Waals surface area contributed by atoms with Gasteiger partial charge in [-0.2, -0.15) is 0 Å². The summed E-state index contributed by atoms with van der Waals surface area (Å²) in [5.74, 6) is 5.88. The largest absolute Gasteiger partial charge is 0.336 e. The molecule has 0 aromatic rings. The second-order valence-electron chi connectivity index (χ2n) is 1.83. The molecule has 0 aliphatic carbocycles. The summed E-state index contributed by atoms with van der Waals surface area (Å²) in [6.07, 6.45) is 0. The number of nitrogens with two attached hydrogens (primary N) is 1. The number of rotatable bonds is 4. The van der Waals surface area contributed by atoms with E-state index in [9.17, 15) is 9.00 Å². The Kier molecular flexibility index (Phi) is 5.77. The van der Waals surface area contributed by atoms with E-state index in [2.05, 4.69) is 5.32 Å². The molecule has 0 aromatic carbocycles. The van der Waals surface area contributed by atoms with Gasteiger partial charge in [0.25, 0.3) is 0 Å². The molecule has 0 saturated heterocycles. The van der Waals surface area contributed by atoms with E-state index < -0.39 is 16.8 Å². The zero-order valence-corrected chi connectivity index (χ0v) is 7.24. The molecule has 2 amide bonds. The van der Waals surface area contributed by atoms with Crippen LogP contribution >= 0.6 is 0 Å². The maximum atomic E-state index is 10.8. The summed E-state index contributed by atoms with van der Waals surface area (Å²) in [4.78, 5) is 10.4. The number of hydrazine groups is 1. The van der Waals surface area contributed by atoms with E-state index >= 15 is 0 Å². The fourth-order valence-corrected chi connectivity index (χ4v) is 1.09. The normalized spacial score (nSPS) is 12.2. The van der Waals surface area contributed by atoms with Crippen LogP contribution in [0.3, 0.4) is 0 Å². The summed E-state index contributed by atoms with van der Waals surface area (Å²) in [5, 5.41) is 2.43. The highest BCUT2D eigenvalue weighted by atomic mass is 32.2. The third-order valence-electron chi connectivity index (χ3n) is 1.07. The van der Waals surface area contributed by atoms with E-state index in [0.29, 0.717) is 18.1 Å². The maximum Gasteiger partial charge on any atom is 0.328 e. The van der Waals surface area contributed by atoms with E-state index in [1.54, 1.807) is 0 Å². The lowest BCUT2D eigenvalue weighted by molar-refractivity contribution is 0.242. The van der Waals surface area contributed by atoms with Gasteiger partial charge in [0.05, 0.1) is 0 Å². The second kappa shape index (κ2) is 6.11. The van der Waals surface area contributed by atoms with Crippen LogP contribution in [0.4, 0.5) is 4.79 Å². The molecule has 66 valence electrons. The van der Waals surface area contributed by atoms with Crippen molar-refractivity contribution in [2.75, 3.05) is 18.1 Å². The molecule has 1 unspecified atom stereocenters. The van der Waals surface area contributed by atoms with Gasteiger partial charge in [0.15, 0.2) is 0 Å². The minimum absolute atomic E-state index is 0.392. The zero-order valence-electron chi connectivity index (χ0n) is 6.42. The van der Waals surface area contributed by atoms with Gasteiger partial charge in [-0.25, -0.2) is 10.6 Å². The van der Waals surface area contributed by atoms with Crippen LogP contribution in [0, 0.1) is 0 Å². The molecule has 0 fully saturated rings. The summed E-state index contributed by atoms with van der Waals surface area (Å²) in [7, 11) is -0.829. The lowest BCUT2D eigenvalue weighted by atomic mass is 10.7. The first-order valence-electron chi connectivity index (χ1n) is 3.30. The minimum atomic E-state index is -0.829. The Labute approximate surface area is 68.1 Å². The standard InChI is InChI=1S/C5H13N3O2S/c1-2-11(10)4-3-7-5(9)8-6/h2-4,6H2,1H3,(H2,7,8,9). The Morgan fingerprint density at radius 1 is 1.64 bits per heavy atom. The fourth-order valence-electron chi connectivity index (χ4n) is 0.474. The Hall–Kier alpha value is -0.620. The van der Waals surface area contributed by atoms with Crippen LogP contribution in [0.2, 0.25) is 0 Å². The first kappa shape index (κ1) is 10.4. The van der Waals surface area contributed by atoms with Crippen molar-refractivity contribution in [2.45, 2.75) is 6.92 Å². The molecule has 0 spiro atoms. The van der Waals surface area contributed by atoms with Crippen LogP contribution in [-0.2, 0) is 10.8 Å². The number of carbonyl (C=O) groups excluding carboxylic acids is 1. The van der Waals surface area contributed by atoms with Gasteiger partial charge >= 0.3 is 6.03 Å². The number of nitrogens with one attached hydrogen (secondary N) is 2. The van der Waals surface area contributed by atoms with Crippen LogP contribution in [0.5, 0.6) is 0 Å². The van der Waals surface area contributed by atoms with Gasteiger partial charge in [-0.3, -0.25) is 9.63 Å². The molecular weight excluding hydrogens is 166 g/mol. The molecule has 0 heterocycles. The molecule has 4 N–H and O–H groups in total. The zero-order chi connectivity index (χ0) is 8.69. The molecule has 0 aromatic heterocycles.